The van der Waals surface area contributed by atoms with Crippen LogP contribution in [0.15, 0.2) is 53.1 Å². The zero-order valence-corrected chi connectivity index (χ0v) is 15.4. The summed E-state index contributed by atoms with van der Waals surface area (Å²) in [6.45, 7) is 2.37. The molecule has 1 aromatic carbocycles. The van der Waals surface area contributed by atoms with E-state index in [1.807, 2.05) is 12.1 Å². The average Bonchev–Trinajstić information content (AvgIpc) is 3.22. The van der Waals surface area contributed by atoms with Crippen LogP contribution in [0.1, 0.15) is 36.8 Å². The second-order valence-corrected chi connectivity index (χ2v) is 7.08. The molecule has 2 aromatic heterocycles. The average molecular weight is 389 g/mol. The molecule has 1 saturated heterocycles. The van der Waals surface area contributed by atoms with E-state index in [-0.39, 0.29) is 6.04 Å². The Kier molecular flexibility index (Phi) is 5.26. The third-order valence-corrected chi connectivity index (χ3v) is 5.20. The van der Waals surface area contributed by atoms with Crippen LogP contribution in [0, 0.1) is 0 Å². The molecule has 0 amide bonds. The van der Waals surface area contributed by atoms with Gasteiger partial charge in [-0.15, -0.1) is 0 Å². The number of aromatic nitrogens is 1. The Morgan fingerprint density at radius 3 is 2.57 bits per heavy atom. The number of alkyl halides is 3. The molecule has 28 heavy (non-hydrogen) atoms. The standard InChI is InChI=1S/C21H22F3N3O/c22-21(23,24)20-13-17(15-7-2-3-8-16(15)26-20)25-14-18(19-9-6-12-28-19)27-10-4-1-5-11-27/h2-3,6-9,12-13,18H,1,4-5,10-11,14H2,(H,25,26)/t18-/m1/s1. The molecule has 1 aliphatic heterocycles. The highest BCUT2D eigenvalue weighted by atomic mass is 19.4. The number of likely N-dealkylation sites (tertiary alicyclic amines) is 1. The number of hydrogen-bond acceptors (Lipinski definition) is 4. The molecular formula is C21H22F3N3O. The van der Waals surface area contributed by atoms with Crippen LogP contribution in [0.25, 0.3) is 10.9 Å². The molecule has 0 unspecified atom stereocenters. The maximum Gasteiger partial charge on any atom is 0.433 e. The molecule has 0 saturated carbocycles. The van der Waals surface area contributed by atoms with Gasteiger partial charge in [-0.05, 0) is 50.2 Å². The van der Waals surface area contributed by atoms with E-state index in [0.717, 1.165) is 37.8 Å². The van der Waals surface area contributed by atoms with Crippen LogP contribution in [0.4, 0.5) is 18.9 Å². The largest absolute Gasteiger partial charge is 0.468 e. The quantitative estimate of drug-likeness (QED) is 0.627. The van der Waals surface area contributed by atoms with Crippen LogP contribution in [0.3, 0.4) is 0 Å². The minimum absolute atomic E-state index is 0.0310. The molecule has 0 spiro atoms. The van der Waals surface area contributed by atoms with Gasteiger partial charge in [-0.1, -0.05) is 24.6 Å². The maximum absolute atomic E-state index is 13.3. The van der Waals surface area contributed by atoms with Crippen molar-refractivity contribution in [1.82, 2.24) is 9.88 Å². The van der Waals surface area contributed by atoms with Crippen LogP contribution in [0.5, 0.6) is 0 Å². The fraction of sp³-hybridized carbons (Fsp3) is 0.381. The lowest BCUT2D eigenvalue weighted by atomic mass is 10.1. The third-order valence-electron chi connectivity index (χ3n) is 5.20. The smallest absolute Gasteiger partial charge is 0.433 e. The highest BCUT2D eigenvalue weighted by Crippen LogP contribution is 2.34. The summed E-state index contributed by atoms with van der Waals surface area (Å²) in [6, 6.07) is 11.7. The van der Waals surface area contributed by atoms with E-state index in [0.29, 0.717) is 23.1 Å². The molecule has 4 rings (SSSR count). The number of benzene rings is 1. The van der Waals surface area contributed by atoms with E-state index >= 15 is 0 Å². The summed E-state index contributed by atoms with van der Waals surface area (Å²) in [5, 5.41) is 3.92. The summed E-state index contributed by atoms with van der Waals surface area (Å²) in [5.74, 6) is 0.823. The number of anilines is 1. The lowest BCUT2D eigenvalue weighted by Crippen LogP contribution is -2.37. The molecule has 1 fully saturated rings. The zero-order valence-electron chi connectivity index (χ0n) is 15.4. The number of furan rings is 1. The van der Waals surface area contributed by atoms with Gasteiger partial charge in [-0.25, -0.2) is 4.98 Å². The first-order valence-electron chi connectivity index (χ1n) is 9.51. The molecule has 0 bridgehead atoms. The Morgan fingerprint density at radius 2 is 1.86 bits per heavy atom. The van der Waals surface area contributed by atoms with Crippen molar-refractivity contribution in [3.63, 3.8) is 0 Å². The van der Waals surface area contributed by atoms with Crippen LogP contribution in [-0.4, -0.2) is 29.5 Å². The number of hydrogen-bond donors (Lipinski definition) is 1. The first-order chi connectivity index (χ1) is 13.5. The molecule has 1 atom stereocenters. The van der Waals surface area contributed by atoms with Gasteiger partial charge in [0.1, 0.15) is 11.5 Å². The van der Waals surface area contributed by atoms with E-state index in [4.69, 9.17) is 4.42 Å². The van der Waals surface area contributed by atoms with Crippen LogP contribution >= 0.6 is 0 Å². The Morgan fingerprint density at radius 1 is 1.07 bits per heavy atom. The molecule has 1 N–H and O–H groups in total. The van der Waals surface area contributed by atoms with Crippen molar-refractivity contribution in [1.29, 1.82) is 0 Å². The van der Waals surface area contributed by atoms with E-state index in [1.54, 1.807) is 30.5 Å². The second kappa shape index (κ2) is 7.83. The van der Waals surface area contributed by atoms with Gasteiger partial charge >= 0.3 is 6.18 Å². The fourth-order valence-corrected chi connectivity index (χ4v) is 3.79. The summed E-state index contributed by atoms with van der Waals surface area (Å²) in [4.78, 5) is 6.12. The number of piperidine rings is 1. The van der Waals surface area contributed by atoms with Gasteiger partial charge in [-0.2, -0.15) is 13.2 Å². The molecular weight excluding hydrogens is 367 g/mol. The molecule has 0 radical (unpaired) electrons. The third kappa shape index (κ3) is 3.99. The van der Waals surface area contributed by atoms with Crippen molar-refractivity contribution in [3.8, 4) is 0 Å². The van der Waals surface area contributed by atoms with E-state index in [2.05, 4.69) is 15.2 Å². The summed E-state index contributed by atoms with van der Waals surface area (Å²) in [5.41, 5.74) is -0.125. The maximum atomic E-state index is 13.3. The monoisotopic (exact) mass is 389 g/mol. The second-order valence-electron chi connectivity index (χ2n) is 7.08. The molecule has 3 heterocycles. The number of halogens is 3. The van der Waals surface area contributed by atoms with Crippen molar-refractivity contribution in [2.45, 2.75) is 31.5 Å². The number of rotatable bonds is 5. The number of nitrogens with one attached hydrogen (secondary N) is 1. The van der Waals surface area contributed by atoms with Crippen LogP contribution in [0.2, 0.25) is 0 Å². The van der Waals surface area contributed by atoms with Gasteiger partial charge in [0.25, 0.3) is 0 Å². The van der Waals surface area contributed by atoms with Gasteiger partial charge in [0.15, 0.2) is 0 Å². The minimum Gasteiger partial charge on any atom is -0.468 e. The van der Waals surface area contributed by atoms with Gasteiger partial charge in [0, 0.05) is 17.6 Å². The first-order valence-corrected chi connectivity index (χ1v) is 9.51. The molecule has 3 aromatic rings. The van der Waals surface area contributed by atoms with Gasteiger partial charge in [-0.3, -0.25) is 4.90 Å². The molecule has 7 heteroatoms. The van der Waals surface area contributed by atoms with Crippen LogP contribution in [-0.2, 0) is 6.18 Å². The van der Waals surface area contributed by atoms with Crippen molar-refractivity contribution in [2.75, 3.05) is 25.0 Å². The first kappa shape index (κ1) is 18.8. The Hall–Kier alpha value is -2.54. The lowest BCUT2D eigenvalue weighted by Gasteiger charge is -2.33. The highest BCUT2D eigenvalue weighted by molar-refractivity contribution is 5.91. The van der Waals surface area contributed by atoms with Crippen LogP contribution < -0.4 is 5.32 Å². The predicted molar refractivity (Wildman–Crippen MR) is 102 cm³/mol. The van der Waals surface area contributed by atoms with Crippen molar-refractivity contribution in [3.05, 3.63) is 60.2 Å². The van der Waals surface area contributed by atoms with E-state index in [1.165, 1.54) is 6.42 Å². The van der Waals surface area contributed by atoms with Crippen molar-refractivity contribution >= 4 is 16.6 Å². The summed E-state index contributed by atoms with van der Waals surface area (Å²) in [6.07, 6.45) is 0.587. The SMILES string of the molecule is FC(F)(F)c1cc(NC[C@H](c2ccco2)N2CCCCC2)c2ccccc2n1. The number of nitrogens with zero attached hydrogens (tertiary/aromatic N) is 2. The van der Waals surface area contributed by atoms with E-state index < -0.39 is 11.9 Å². The molecule has 0 aliphatic carbocycles. The van der Waals surface area contributed by atoms with Crippen molar-refractivity contribution < 1.29 is 17.6 Å². The fourth-order valence-electron chi connectivity index (χ4n) is 3.79. The minimum atomic E-state index is -4.49. The number of para-hydroxylation sites is 1. The molecule has 148 valence electrons. The Balaban J connectivity index is 1.64. The highest BCUT2D eigenvalue weighted by Gasteiger charge is 2.33. The molecule has 1 aliphatic rings. The van der Waals surface area contributed by atoms with Crippen molar-refractivity contribution in [2.24, 2.45) is 0 Å². The van der Waals surface area contributed by atoms with Gasteiger partial charge < -0.3 is 9.73 Å². The predicted octanol–water partition coefficient (Wildman–Crippen LogP) is 5.49. The summed E-state index contributed by atoms with van der Waals surface area (Å²) in [7, 11) is 0. The number of fused-ring (bicyclic) bond motifs is 1. The summed E-state index contributed by atoms with van der Waals surface area (Å²) >= 11 is 0. The van der Waals surface area contributed by atoms with E-state index in [9.17, 15) is 13.2 Å². The lowest BCUT2D eigenvalue weighted by molar-refractivity contribution is -0.140. The summed E-state index contributed by atoms with van der Waals surface area (Å²) < 4.78 is 45.5. The van der Waals surface area contributed by atoms with Gasteiger partial charge in [0.05, 0.1) is 17.8 Å². The Bertz CT molecular complexity index is 918. The topological polar surface area (TPSA) is 41.3 Å². The number of pyridine rings is 1. The Labute approximate surface area is 161 Å². The normalized spacial score (nSPS) is 17.0. The van der Waals surface area contributed by atoms with Gasteiger partial charge in [0.2, 0.25) is 0 Å². The molecule has 4 nitrogen and oxygen atoms in total. The zero-order chi connectivity index (χ0) is 19.6.